The van der Waals surface area contributed by atoms with Crippen molar-refractivity contribution < 1.29 is 14.7 Å². The number of nitrogens with one attached hydrogen (secondary N) is 1. The van der Waals surface area contributed by atoms with E-state index in [2.05, 4.69) is 15.4 Å². The Hall–Kier alpha value is -1.92. The minimum atomic E-state index is -1.04. The smallest absolute Gasteiger partial charge is 0.326 e. The second-order valence-corrected chi connectivity index (χ2v) is 4.12. The van der Waals surface area contributed by atoms with E-state index in [9.17, 15) is 9.59 Å². The highest BCUT2D eigenvalue weighted by molar-refractivity contribution is 5.85. The average Bonchev–Trinajstić information content (AvgIpc) is 2.76. The minimum Gasteiger partial charge on any atom is -0.480 e. The maximum absolute atomic E-state index is 11.8. The summed E-state index contributed by atoms with van der Waals surface area (Å²) in [6, 6.07) is -1.48. The van der Waals surface area contributed by atoms with Gasteiger partial charge in [-0.3, -0.25) is 4.79 Å². The second kappa shape index (κ2) is 5.42. The Bertz CT molecular complexity index is 388. The van der Waals surface area contributed by atoms with Gasteiger partial charge in [-0.05, 0) is 12.8 Å². The molecule has 0 saturated carbocycles. The van der Waals surface area contributed by atoms with Crippen LogP contribution in [-0.4, -0.2) is 37.8 Å². The molecule has 1 heterocycles. The summed E-state index contributed by atoms with van der Waals surface area (Å²) in [5.41, 5.74) is 0. The van der Waals surface area contributed by atoms with Crippen molar-refractivity contribution in [3.05, 3.63) is 12.7 Å². The summed E-state index contributed by atoms with van der Waals surface area (Å²) in [5, 5.41) is 15.3. The van der Waals surface area contributed by atoms with E-state index in [0.717, 1.165) is 0 Å². The molecule has 0 aromatic carbocycles. The van der Waals surface area contributed by atoms with Crippen molar-refractivity contribution in [3.63, 3.8) is 0 Å². The third-order valence-corrected chi connectivity index (χ3v) is 2.44. The first-order valence-corrected chi connectivity index (χ1v) is 5.30. The molecule has 7 nitrogen and oxygen atoms in total. The molecule has 2 N–H and O–H groups in total. The number of nitrogens with zero attached hydrogens (tertiary/aromatic N) is 3. The second-order valence-electron chi connectivity index (χ2n) is 4.12. The van der Waals surface area contributed by atoms with Crippen LogP contribution in [-0.2, 0) is 9.59 Å². The summed E-state index contributed by atoms with van der Waals surface area (Å²) in [4.78, 5) is 26.5. The van der Waals surface area contributed by atoms with Gasteiger partial charge in [0.25, 0.3) is 0 Å². The predicted octanol–water partition coefficient (Wildman–Crippen LogP) is 0.0645. The molecule has 0 fully saturated rings. The number of hydrogen-bond donors (Lipinski definition) is 2. The fraction of sp³-hybridized carbons (Fsp3) is 0.600. The molecule has 0 aliphatic heterocycles. The van der Waals surface area contributed by atoms with E-state index >= 15 is 0 Å². The molecule has 0 radical (unpaired) electrons. The van der Waals surface area contributed by atoms with Gasteiger partial charge in [0, 0.05) is 0 Å². The molecule has 1 aromatic heterocycles. The lowest BCUT2D eigenvalue weighted by atomic mass is 10.0. The largest absolute Gasteiger partial charge is 0.480 e. The Labute approximate surface area is 98.8 Å². The SMILES string of the molecule is CC(C)C(NC(=O)C(C)n1cncn1)C(=O)O. The number of aromatic nitrogens is 3. The van der Waals surface area contributed by atoms with Gasteiger partial charge in [-0.15, -0.1) is 0 Å². The highest BCUT2D eigenvalue weighted by Gasteiger charge is 2.26. The van der Waals surface area contributed by atoms with E-state index in [1.54, 1.807) is 20.8 Å². The average molecular weight is 240 g/mol. The van der Waals surface area contributed by atoms with Crippen molar-refractivity contribution in [2.45, 2.75) is 32.9 Å². The molecular formula is C10H16N4O3. The van der Waals surface area contributed by atoms with Crippen LogP contribution < -0.4 is 5.32 Å². The zero-order valence-electron chi connectivity index (χ0n) is 9.99. The molecule has 1 rings (SSSR count). The number of rotatable bonds is 5. The normalized spacial score (nSPS) is 14.4. The lowest BCUT2D eigenvalue weighted by Crippen LogP contribution is -2.46. The van der Waals surface area contributed by atoms with E-state index in [0.29, 0.717) is 0 Å². The van der Waals surface area contributed by atoms with E-state index < -0.39 is 24.0 Å². The fourth-order valence-corrected chi connectivity index (χ4v) is 1.32. The maximum atomic E-state index is 11.8. The number of amides is 1. The summed E-state index contributed by atoms with van der Waals surface area (Å²) < 4.78 is 1.37. The Morgan fingerprint density at radius 3 is 2.41 bits per heavy atom. The number of carboxylic acids is 1. The summed E-state index contributed by atoms with van der Waals surface area (Å²) in [6.45, 7) is 5.10. The van der Waals surface area contributed by atoms with Crippen LogP contribution in [0.15, 0.2) is 12.7 Å². The molecule has 0 aliphatic rings. The summed E-state index contributed by atoms with van der Waals surface area (Å²) in [5.74, 6) is -1.62. The van der Waals surface area contributed by atoms with Crippen LogP contribution >= 0.6 is 0 Å². The van der Waals surface area contributed by atoms with Crippen molar-refractivity contribution >= 4 is 11.9 Å². The molecular weight excluding hydrogens is 224 g/mol. The van der Waals surface area contributed by atoms with Crippen LogP contribution in [0.25, 0.3) is 0 Å². The molecule has 7 heteroatoms. The van der Waals surface area contributed by atoms with Gasteiger partial charge in [0.15, 0.2) is 0 Å². The van der Waals surface area contributed by atoms with Gasteiger partial charge in [0.05, 0.1) is 0 Å². The van der Waals surface area contributed by atoms with Gasteiger partial charge in [-0.25, -0.2) is 14.5 Å². The van der Waals surface area contributed by atoms with Crippen molar-refractivity contribution in [1.82, 2.24) is 20.1 Å². The first kappa shape index (κ1) is 13.1. The molecule has 0 spiro atoms. The molecule has 2 unspecified atom stereocenters. The van der Waals surface area contributed by atoms with Crippen molar-refractivity contribution in [1.29, 1.82) is 0 Å². The van der Waals surface area contributed by atoms with Crippen LogP contribution in [0, 0.1) is 5.92 Å². The van der Waals surface area contributed by atoms with Gasteiger partial charge >= 0.3 is 5.97 Å². The van der Waals surface area contributed by atoms with E-state index in [1.165, 1.54) is 17.3 Å². The Morgan fingerprint density at radius 2 is 2.00 bits per heavy atom. The number of carboxylic acid groups (broad SMARTS) is 1. The number of aliphatic carboxylic acids is 1. The lowest BCUT2D eigenvalue weighted by Gasteiger charge is -2.20. The number of carbonyl (C=O) groups is 2. The summed E-state index contributed by atoms with van der Waals surface area (Å²) in [6.07, 6.45) is 2.73. The molecule has 1 aromatic rings. The third kappa shape index (κ3) is 3.27. The van der Waals surface area contributed by atoms with Gasteiger partial charge in [0.1, 0.15) is 24.7 Å². The molecule has 17 heavy (non-hydrogen) atoms. The van der Waals surface area contributed by atoms with Gasteiger partial charge in [-0.2, -0.15) is 5.10 Å². The maximum Gasteiger partial charge on any atom is 0.326 e. The monoisotopic (exact) mass is 240 g/mol. The van der Waals surface area contributed by atoms with Gasteiger partial charge < -0.3 is 10.4 Å². The standard InChI is InChI=1S/C10H16N4O3/c1-6(2)8(10(16)17)13-9(15)7(3)14-5-11-4-12-14/h4-8H,1-3H3,(H,13,15)(H,16,17). The van der Waals surface area contributed by atoms with Crippen LogP contribution in [0.2, 0.25) is 0 Å². The van der Waals surface area contributed by atoms with E-state index in [4.69, 9.17) is 5.11 Å². The Morgan fingerprint density at radius 1 is 1.35 bits per heavy atom. The molecule has 0 bridgehead atoms. The molecule has 0 saturated heterocycles. The lowest BCUT2D eigenvalue weighted by molar-refractivity contribution is -0.143. The fourth-order valence-electron chi connectivity index (χ4n) is 1.32. The van der Waals surface area contributed by atoms with Gasteiger partial charge in [-0.1, -0.05) is 13.8 Å². The Kier molecular flexibility index (Phi) is 4.19. The van der Waals surface area contributed by atoms with E-state index in [-0.39, 0.29) is 5.92 Å². The highest BCUT2D eigenvalue weighted by Crippen LogP contribution is 2.06. The zero-order valence-corrected chi connectivity index (χ0v) is 9.99. The minimum absolute atomic E-state index is 0.181. The topological polar surface area (TPSA) is 97.1 Å². The van der Waals surface area contributed by atoms with Crippen LogP contribution in [0.5, 0.6) is 0 Å². The van der Waals surface area contributed by atoms with Crippen LogP contribution in [0.4, 0.5) is 0 Å². The third-order valence-electron chi connectivity index (χ3n) is 2.44. The van der Waals surface area contributed by atoms with Gasteiger partial charge in [0.2, 0.25) is 5.91 Å². The Balaban J connectivity index is 2.68. The number of carbonyl (C=O) groups excluding carboxylic acids is 1. The predicted molar refractivity (Wildman–Crippen MR) is 59.1 cm³/mol. The highest BCUT2D eigenvalue weighted by atomic mass is 16.4. The first-order valence-electron chi connectivity index (χ1n) is 5.30. The van der Waals surface area contributed by atoms with Crippen LogP contribution in [0.1, 0.15) is 26.8 Å². The first-order chi connectivity index (χ1) is 7.93. The number of hydrogen-bond acceptors (Lipinski definition) is 4. The van der Waals surface area contributed by atoms with E-state index in [1.807, 2.05) is 0 Å². The molecule has 0 aliphatic carbocycles. The van der Waals surface area contributed by atoms with Crippen molar-refractivity contribution in [2.75, 3.05) is 0 Å². The van der Waals surface area contributed by atoms with Crippen LogP contribution in [0.3, 0.4) is 0 Å². The van der Waals surface area contributed by atoms with Crippen molar-refractivity contribution in [3.8, 4) is 0 Å². The summed E-state index contributed by atoms with van der Waals surface area (Å²) in [7, 11) is 0. The zero-order chi connectivity index (χ0) is 13.0. The van der Waals surface area contributed by atoms with Crippen molar-refractivity contribution in [2.24, 2.45) is 5.92 Å². The molecule has 94 valence electrons. The molecule has 2 atom stereocenters. The summed E-state index contributed by atoms with van der Waals surface area (Å²) >= 11 is 0. The molecule has 1 amide bonds. The quantitative estimate of drug-likeness (QED) is 0.758.